The Kier molecular flexibility index (Phi) is 9.53. The molecule has 1 aliphatic heterocycles. The minimum absolute atomic E-state index is 0.710. The lowest BCUT2D eigenvalue weighted by molar-refractivity contribution is 0.312. The molecule has 2 fully saturated rings. The largest absolute Gasteiger partial charge is 0.354 e. The molecule has 4 rings (SSSR count). The van der Waals surface area contributed by atoms with E-state index in [2.05, 4.69) is 68.1 Å². The first-order chi connectivity index (χ1) is 16.7. The van der Waals surface area contributed by atoms with E-state index in [1.807, 2.05) is 6.92 Å². The molecular weight excluding hydrogens is 422 g/mol. The van der Waals surface area contributed by atoms with Crippen molar-refractivity contribution in [1.29, 1.82) is 0 Å². The van der Waals surface area contributed by atoms with Gasteiger partial charge in [0.1, 0.15) is 5.82 Å². The maximum absolute atomic E-state index is 4.78. The Morgan fingerprint density at radius 2 is 1.59 bits per heavy atom. The van der Waals surface area contributed by atoms with Crippen molar-refractivity contribution in [3.63, 3.8) is 0 Å². The summed E-state index contributed by atoms with van der Waals surface area (Å²) in [4.78, 5) is 14.1. The lowest BCUT2D eigenvalue weighted by Crippen LogP contribution is -2.44. The van der Waals surface area contributed by atoms with E-state index < -0.39 is 0 Å². The molecule has 1 aliphatic carbocycles. The average Bonchev–Trinajstić information content (AvgIpc) is 2.86. The van der Waals surface area contributed by atoms with E-state index in [0.29, 0.717) is 5.95 Å². The minimum atomic E-state index is 0.710. The molecule has 186 valence electrons. The number of likely N-dealkylation sites (N-methyl/N-ethyl adjacent to an activating group) is 1. The summed E-state index contributed by atoms with van der Waals surface area (Å²) in [6.07, 6.45) is 8.13. The van der Waals surface area contributed by atoms with Gasteiger partial charge in [-0.3, -0.25) is 0 Å². The van der Waals surface area contributed by atoms with Crippen LogP contribution in [0, 0.1) is 6.92 Å². The summed E-state index contributed by atoms with van der Waals surface area (Å²) in [5, 5.41) is 10.7. The van der Waals surface area contributed by atoms with Gasteiger partial charge in [-0.15, -0.1) is 0 Å². The van der Waals surface area contributed by atoms with Crippen LogP contribution in [0.2, 0.25) is 0 Å². The van der Waals surface area contributed by atoms with E-state index in [0.717, 1.165) is 69.9 Å². The van der Waals surface area contributed by atoms with E-state index in [9.17, 15) is 0 Å². The summed E-state index contributed by atoms with van der Waals surface area (Å²) >= 11 is 0. The Hall–Kier alpha value is -2.22. The Bertz CT molecular complexity index is 856. The van der Waals surface area contributed by atoms with Crippen LogP contribution in [0.4, 0.5) is 11.8 Å². The molecule has 1 saturated carbocycles. The predicted octanol–water partition coefficient (Wildman–Crippen LogP) is 3.55. The van der Waals surface area contributed by atoms with Gasteiger partial charge in [-0.25, -0.2) is 4.98 Å². The highest BCUT2D eigenvalue weighted by molar-refractivity contribution is 5.45. The van der Waals surface area contributed by atoms with Gasteiger partial charge in [0.2, 0.25) is 5.95 Å². The number of aryl methyl sites for hydroxylation is 1. The van der Waals surface area contributed by atoms with E-state index in [1.165, 1.54) is 49.7 Å². The average molecular weight is 466 g/mol. The van der Waals surface area contributed by atoms with Crippen molar-refractivity contribution in [3.8, 4) is 0 Å². The van der Waals surface area contributed by atoms with Gasteiger partial charge >= 0.3 is 0 Å². The fourth-order valence-corrected chi connectivity index (χ4v) is 4.84. The molecule has 7 nitrogen and oxygen atoms in total. The number of piperazine rings is 1. The van der Waals surface area contributed by atoms with Crippen LogP contribution >= 0.6 is 0 Å². The summed E-state index contributed by atoms with van der Waals surface area (Å²) in [7, 11) is 2.17. The normalized spacial score (nSPS) is 17.8. The first-order valence-corrected chi connectivity index (χ1v) is 13.2. The van der Waals surface area contributed by atoms with Gasteiger partial charge in [0.25, 0.3) is 0 Å². The van der Waals surface area contributed by atoms with Gasteiger partial charge in [-0.05, 0) is 57.5 Å². The molecule has 2 aliphatic rings. The number of anilines is 2. The molecule has 1 aromatic carbocycles. The minimum Gasteiger partial charge on any atom is -0.354 e. The smallest absolute Gasteiger partial charge is 0.225 e. The standard InChI is InChI=1S/C27H43N7/c1-22-19-26(34-17-15-33(2)16-18-34)32-27(31-22)30-21-24-11-9-23(10-12-24)20-28-13-6-14-29-25-7-4-3-5-8-25/h9-12,19,25,28-29H,3-8,13-18,20-21H2,1-2H3,(H,30,31,32). The van der Waals surface area contributed by atoms with Crippen LogP contribution < -0.4 is 20.9 Å². The lowest BCUT2D eigenvalue weighted by Gasteiger charge is -2.33. The third kappa shape index (κ3) is 7.93. The highest BCUT2D eigenvalue weighted by Gasteiger charge is 2.16. The molecule has 7 heteroatoms. The van der Waals surface area contributed by atoms with Gasteiger partial charge in [0.05, 0.1) is 0 Å². The van der Waals surface area contributed by atoms with Crippen molar-refractivity contribution in [3.05, 3.63) is 47.2 Å². The van der Waals surface area contributed by atoms with Crippen LogP contribution in [0.5, 0.6) is 0 Å². The van der Waals surface area contributed by atoms with Gasteiger partial charge in [-0.2, -0.15) is 4.98 Å². The van der Waals surface area contributed by atoms with Crippen molar-refractivity contribution >= 4 is 11.8 Å². The van der Waals surface area contributed by atoms with Crippen LogP contribution in [0.3, 0.4) is 0 Å². The Balaban J connectivity index is 1.16. The fraction of sp³-hybridized carbons (Fsp3) is 0.630. The monoisotopic (exact) mass is 465 g/mol. The van der Waals surface area contributed by atoms with Crippen LogP contribution in [0.25, 0.3) is 0 Å². The summed E-state index contributed by atoms with van der Waals surface area (Å²) in [5.74, 6) is 1.74. The molecular formula is C27H43N7. The third-order valence-corrected chi connectivity index (χ3v) is 7.04. The maximum Gasteiger partial charge on any atom is 0.225 e. The molecule has 0 spiro atoms. The summed E-state index contributed by atoms with van der Waals surface area (Å²) in [5.41, 5.74) is 3.57. The topological polar surface area (TPSA) is 68.3 Å². The number of hydrogen-bond donors (Lipinski definition) is 3. The number of hydrogen-bond acceptors (Lipinski definition) is 7. The fourth-order valence-electron chi connectivity index (χ4n) is 4.84. The zero-order valence-corrected chi connectivity index (χ0v) is 21.2. The number of nitrogens with zero attached hydrogens (tertiary/aromatic N) is 4. The molecule has 0 unspecified atom stereocenters. The summed E-state index contributed by atoms with van der Waals surface area (Å²) in [6, 6.07) is 11.7. The first kappa shape index (κ1) is 24.9. The predicted molar refractivity (Wildman–Crippen MR) is 141 cm³/mol. The molecule has 2 heterocycles. The SMILES string of the molecule is Cc1cc(N2CCN(C)CC2)nc(NCc2ccc(CNCCCNC3CCCCC3)cc2)n1. The number of aromatic nitrogens is 2. The van der Waals surface area contributed by atoms with Crippen LogP contribution in [0.15, 0.2) is 30.3 Å². The van der Waals surface area contributed by atoms with Gasteiger partial charge in [0.15, 0.2) is 0 Å². The Morgan fingerprint density at radius 3 is 2.32 bits per heavy atom. The quantitative estimate of drug-likeness (QED) is 0.439. The number of benzene rings is 1. The highest BCUT2D eigenvalue weighted by Crippen LogP contribution is 2.18. The van der Waals surface area contributed by atoms with Crippen LogP contribution in [-0.2, 0) is 13.1 Å². The van der Waals surface area contributed by atoms with Crippen molar-refractivity contribution in [2.45, 2.75) is 64.6 Å². The molecule has 1 saturated heterocycles. The number of rotatable bonds is 11. The van der Waals surface area contributed by atoms with Crippen molar-refractivity contribution < 1.29 is 0 Å². The first-order valence-electron chi connectivity index (χ1n) is 13.2. The third-order valence-electron chi connectivity index (χ3n) is 7.04. The summed E-state index contributed by atoms with van der Waals surface area (Å²) < 4.78 is 0. The maximum atomic E-state index is 4.78. The molecule has 2 aromatic rings. The molecule has 0 amide bonds. The van der Waals surface area contributed by atoms with E-state index in [-0.39, 0.29) is 0 Å². The highest BCUT2D eigenvalue weighted by atomic mass is 15.3. The van der Waals surface area contributed by atoms with E-state index >= 15 is 0 Å². The van der Waals surface area contributed by atoms with Gasteiger partial charge < -0.3 is 25.8 Å². The Labute approximate surface area is 205 Å². The molecule has 3 N–H and O–H groups in total. The van der Waals surface area contributed by atoms with Crippen LogP contribution in [-0.4, -0.2) is 67.2 Å². The van der Waals surface area contributed by atoms with E-state index in [1.54, 1.807) is 0 Å². The molecule has 0 bridgehead atoms. The van der Waals surface area contributed by atoms with Crippen LogP contribution in [0.1, 0.15) is 55.3 Å². The molecule has 1 aromatic heterocycles. The number of nitrogens with one attached hydrogen (secondary N) is 3. The lowest BCUT2D eigenvalue weighted by atomic mass is 9.95. The molecule has 0 radical (unpaired) electrons. The second kappa shape index (κ2) is 13.0. The molecule has 0 atom stereocenters. The molecule has 34 heavy (non-hydrogen) atoms. The van der Waals surface area contributed by atoms with Crippen molar-refractivity contribution in [1.82, 2.24) is 25.5 Å². The zero-order valence-electron chi connectivity index (χ0n) is 21.2. The second-order valence-electron chi connectivity index (χ2n) is 9.97. The summed E-state index contributed by atoms with van der Waals surface area (Å²) in [6.45, 7) is 10.1. The second-order valence-corrected chi connectivity index (χ2v) is 9.97. The Morgan fingerprint density at radius 1 is 0.882 bits per heavy atom. The zero-order chi connectivity index (χ0) is 23.6. The van der Waals surface area contributed by atoms with Gasteiger partial charge in [-0.1, -0.05) is 43.5 Å². The van der Waals surface area contributed by atoms with E-state index in [4.69, 9.17) is 4.98 Å². The van der Waals surface area contributed by atoms with Gasteiger partial charge in [0, 0.05) is 57.1 Å². The van der Waals surface area contributed by atoms with Crippen molar-refractivity contribution in [2.24, 2.45) is 0 Å². The van der Waals surface area contributed by atoms with Crippen molar-refractivity contribution in [2.75, 3.05) is 56.5 Å².